The third-order valence-electron chi connectivity index (χ3n) is 4.12. The lowest BCUT2D eigenvalue weighted by molar-refractivity contribution is 0.102. The van der Waals surface area contributed by atoms with Crippen LogP contribution in [0.3, 0.4) is 0 Å². The van der Waals surface area contributed by atoms with Gasteiger partial charge < -0.3 is 14.8 Å². The summed E-state index contributed by atoms with van der Waals surface area (Å²) >= 11 is 6.16. The molecular weight excluding hydrogens is 364 g/mol. The zero-order chi connectivity index (χ0) is 19.4. The van der Waals surface area contributed by atoms with Crippen LogP contribution in [0.5, 0.6) is 11.5 Å². The van der Waals surface area contributed by atoms with Gasteiger partial charge in [-0.05, 0) is 25.1 Å². The number of amides is 1. The molecule has 0 bridgehead atoms. The van der Waals surface area contributed by atoms with E-state index in [4.69, 9.17) is 21.1 Å². The van der Waals surface area contributed by atoms with Gasteiger partial charge in [-0.1, -0.05) is 41.9 Å². The Kier molecular flexibility index (Phi) is 5.62. The van der Waals surface area contributed by atoms with E-state index in [1.54, 1.807) is 25.1 Å². The fraction of sp³-hybridized carbons (Fsp3) is 0.143. The van der Waals surface area contributed by atoms with Gasteiger partial charge >= 0.3 is 0 Å². The Morgan fingerprint density at radius 3 is 2.33 bits per heavy atom. The normalized spacial score (nSPS) is 10.4. The number of carbonyl (C=O) groups is 1. The van der Waals surface area contributed by atoms with Gasteiger partial charge in [0.2, 0.25) is 0 Å². The summed E-state index contributed by atoms with van der Waals surface area (Å²) in [7, 11) is 3.03. The number of aryl methyl sites for hydroxylation is 1. The highest BCUT2D eigenvalue weighted by atomic mass is 35.5. The minimum atomic E-state index is -0.292. The van der Waals surface area contributed by atoms with E-state index in [0.717, 1.165) is 11.3 Å². The average Bonchev–Trinajstić information content (AvgIpc) is 2.68. The zero-order valence-electron chi connectivity index (χ0n) is 15.2. The second kappa shape index (κ2) is 8.10. The number of nitrogens with zero attached hydrogens (tertiary/aromatic N) is 1. The van der Waals surface area contributed by atoms with Crippen molar-refractivity contribution in [3.63, 3.8) is 0 Å². The molecule has 27 heavy (non-hydrogen) atoms. The summed E-state index contributed by atoms with van der Waals surface area (Å²) in [6.45, 7) is 1.81. The highest BCUT2D eigenvalue weighted by molar-refractivity contribution is 6.32. The van der Waals surface area contributed by atoms with Gasteiger partial charge in [0.05, 0.1) is 41.9 Å². The molecule has 0 saturated heterocycles. The van der Waals surface area contributed by atoms with E-state index in [9.17, 15) is 4.79 Å². The quantitative estimate of drug-likeness (QED) is 0.676. The number of ether oxygens (including phenoxy) is 2. The van der Waals surface area contributed by atoms with Gasteiger partial charge in [0.25, 0.3) is 5.91 Å². The monoisotopic (exact) mass is 382 g/mol. The molecule has 0 unspecified atom stereocenters. The van der Waals surface area contributed by atoms with Crippen LogP contribution in [0.15, 0.2) is 54.6 Å². The zero-order valence-corrected chi connectivity index (χ0v) is 16.0. The van der Waals surface area contributed by atoms with Crippen LogP contribution in [0.25, 0.3) is 11.3 Å². The fourth-order valence-corrected chi connectivity index (χ4v) is 2.96. The van der Waals surface area contributed by atoms with Gasteiger partial charge in [0.1, 0.15) is 11.5 Å². The lowest BCUT2D eigenvalue weighted by Gasteiger charge is -2.14. The second-order valence-corrected chi connectivity index (χ2v) is 6.24. The van der Waals surface area contributed by atoms with E-state index >= 15 is 0 Å². The number of carbonyl (C=O) groups excluding carboxylic acids is 1. The second-order valence-electron chi connectivity index (χ2n) is 5.84. The molecule has 1 heterocycles. The number of hydrogen-bond acceptors (Lipinski definition) is 4. The van der Waals surface area contributed by atoms with E-state index in [1.165, 1.54) is 14.2 Å². The Balaban J connectivity index is 1.88. The van der Waals surface area contributed by atoms with Crippen molar-refractivity contribution >= 4 is 23.2 Å². The molecule has 1 N–H and O–H groups in total. The summed E-state index contributed by atoms with van der Waals surface area (Å²) < 4.78 is 10.5. The Morgan fingerprint density at radius 1 is 1.00 bits per heavy atom. The molecule has 3 rings (SSSR count). The van der Waals surface area contributed by atoms with Gasteiger partial charge in [-0.3, -0.25) is 9.78 Å². The number of hydrogen-bond donors (Lipinski definition) is 1. The fourth-order valence-electron chi connectivity index (χ4n) is 2.72. The summed E-state index contributed by atoms with van der Waals surface area (Å²) in [5.41, 5.74) is 3.38. The maximum atomic E-state index is 12.7. The van der Waals surface area contributed by atoms with Crippen molar-refractivity contribution in [3.8, 4) is 22.8 Å². The molecular formula is C21H19ClN2O3. The van der Waals surface area contributed by atoms with Gasteiger partial charge in [-0.2, -0.15) is 0 Å². The average molecular weight is 383 g/mol. The van der Waals surface area contributed by atoms with Crippen molar-refractivity contribution in [2.45, 2.75) is 6.92 Å². The lowest BCUT2D eigenvalue weighted by Crippen LogP contribution is -2.15. The topological polar surface area (TPSA) is 60.5 Å². The number of rotatable bonds is 5. The number of anilines is 1. The first-order valence-corrected chi connectivity index (χ1v) is 8.67. The van der Waals surface area contributed by atoms with Crippen molar-refractivity contribution in [3.05, 3.63) is 70.9 Å². The number of pyridine rings is 1. The van der Waals surface area contributed by atoms with Gasteiger partial charge in [-0.25, -0.2) is 0 Å². The highest BCUT2D eigenvalue weighted by Crippen LogP contribution is 2.36. The predicted octanol–water partition coefficient (Wildman–Crippen LogP) is 4.98. The SMILES string of the molecule is COc1cc(OC)c(NC(=O)c2ccc(-c3ccccc3)nc2C)cc1Cl. The molecule has 0 fully saturated rings. The van der Waals surface area contributed by atoms with Crippen LogP contribution in [0.2, 0.25) is 5.02 Å². The van der Waals surface area contributed by atoms with E-state index < -0.39 is 0 Å². The van der Waals surface area contributed by atoms with Crippen molar-refractivity contribution in [2.24, 2.45) is 0 Å². The Bertz CT molecular complexity index is 975. The number of methoxy groups -OCH3 is 2. The number of nitrogens with one attached hydrogen (secondary N) is 1. The molecule has 0 spiro atoms. The first kappa shape index (κ1) is 18.7. The van der Waals surface area contributed by atoms with Crippen LogP contribution in [0, 0.1) is 6.92 Å². The molecule has 2 aromatic carbocycles. The van der Waals surface area contributed by atoms with E-state index in [2.05, 4.69) is 10.3 Å². The highest BCUT2D eigenvalue weighted by Gasteiger charge is 2.16. The van der Waals surface area contributed by atoms with Crippen LogP contribution < -0.4 is 14.8 Å². The molecule has 1 aromatic heterocycles. The minimum absolute atomic E-state index is 0.292. The summed E-state index contributed by atoms with van der Waals surface area (Å²) in [6.07, 6.45) is 0. The van der Waals surface area contributed by atoms with E-state index in [0.29, 0.717) is 33.5 Å². The van der Waals surface area contributed by atoms with Gasteiger partial charge in [-0.15, -0.1) is 0 Å². The van der Waals surface area contributed by atoms with Crippen LogP contribution in [0.1, 0.15) is 16.1 Å². The molecule has 0 aliphatic carbocycles. The van der Waals surface area contributed by atoms with Crippen molar-refractivity contribution in [2.75, 3.05) is 19.5 Å². The number of benzene rings is 2. The predicted molar refractivity (Wildman–Crippen MR) is 107 cm³/mol. The molecule has 0 atom stereocenters. The molecule has 0 aliphatic heterocycles. The maximum Gasteiger partial charge on any atom is 0.257 e. The van der Waals surface area contributed by atoms with Crippen molar-refractivity contribution < 1.29 is 14.3 Å². The van der Waals surface area contributed by atoms with Crippen molar-refractivity contribution in [1.29, 1.82) is 0 Å². The first-order chi connectivity index (χ1) is 13.0. The largest absolute Gasteiger partial charge is 0.495 e. The minimum Gasteiger partial charge on any atom is -0.495 e. The molecule has 138 valence electrons. The molecule has 0 saturated carbocycles. The summed E-state index contributed by atoms with van der Waals surface area (Å²) in [4.78, 5) is 17.3. The molecule has 0 radical (unpaired) electrons. The molecule has 0 aliphatic rings. The standard InChI is InChI=1S/C21H19ClN2O3/c1-13-15(9-10-17(23-13)14-7-5-4-6-8-14)21(25)24-18-11-16(22)19(26-2)12-20(18)27-3/h4-12H,1-3H3,(H,24,25). The maximum absolute atomic E-state index is 12.7. The Hall–Kier alpha value is -3.05. The smallest absolute Gasteiger partial charge is 0.257 e. The summed E-state index contributed by atoms with van der Waals surface area (Å²) in [6, 6.07) is 16.6. The molecule has 3 aromatic rings. The third-order valence-corrected chi connectivity index (χ3v) is 4.42. The van der Waals surface area contributed by atoms with Gasteiger partial charge in [0.15, 0.2) is 0 Å². The molecule has 6 heteroatoms. The molecule has 5 nitrogen and oxygen atoms in total. The molecule has 1 amide bonds. The van der Waals surface area contributed by atoms with Crippen LogP contribution in [-0.4, -0.2) is 25.1 Å². The Morgan fingerprint density at radius 2 is 1.70 bits per heavy atom. The number of aromatic nitrogens is 1. The lowest BCUT2D eigenvalue weighted by atomic mass is 10.1. The third kappa shape index (κ3) is 4.04. The van der Waals surface area contributed by atoms with Gasteiger partial charge in [0, 0.05) is 11.6 Å². The summed E-state index contributed by atoms with van der Waals surface area (Å²) in [5.74, 6) is 0.631. The summed E-state index contributed by atoms with van der Waals surface area (Å²) in [5, 5.41) is 3.20. The first-order valence-electron chi connectivity index (χ1n) is 8.29. The number of halogens is 1. The van der Waals surface area contributed by atoms with E-state index in [-0.39, 0.29) is 5.91 Å². The van der Waals surface area contributed by atoms with Crippen LogP contribution in [-0.2, 0) is 0 Å². The van der Waals surface area contributed by atoms with Crippen LogP contribution in [0.4, 0.5) is 5.69 Å². The van der Waals surface area contributed by atoms with Crippen LogP contribution >= 0.6 is 11.6 Å². The van der Waals surface area contributed by atoms with E-state index in [1.807, 2.05) is 36.4 Å². The van der Waals surface area contributed by atoms with Crippen molar-refractivity contribution in [1.82, 2.24) is 4.98 Å². The Labute approximate surface area is 162 Å².